The third-order valence-corrected chi connectivity index (χ3v) is 5.88. The van der Waals surface area contributed by atoms with Crippen LogP contribution in [0.25, 0.3) is 0 Å². The average Bonchev–Trinajstić information content (AvgIpc) is 3.15. The van der Waals surface area contributed by atoms with Crippen LogP contribution in [0.4, 0.5) is 0 Å². The van der Waals surface area contributed by atoms with Gasteiger partial charge in [0.1, 0.15) is 6.61 Å². The fourth-order valence-electron chi connectivity index (χ4n) is 4.03. The summed E-state index contributed by atoms with van der Waals surface area (Å²) in [6.45, 7) is 4.23. The summed E-state index contributed by atoms with van der Waals surface area (Å²) in [4.78, 5) is 13.5. The van der Waals surface area contributed by atoms with E-state index in [-0.39, 0.29) is 18.4 Å². The van der Waals surface area contributed by atoms with Crippen molar-refractivity contribution in [2.45, 2.75) is 50.0 Å². The van der Waals surface area contributed by atoms with Gasteiger partial charge in [-0.2, -0.15) is 0 Å². The summed E-state index contributed by atoms with van der Waals surface area (Å²) in [6, 6.07) is 13.1. The van der Waals surface area contributed by atoms with E-state index in [2.05, 4.69) is 17.9 Å². The normalized spacial score (nSPS) is 15.6. The Morgan fingerprint density at radius 2 is 1.83 bits per heavy atom. The molecule has 0 atom stereocenters. The van der Waals surface area contributed by atoms with Gasteiger partial charge in [-0.3, -0.25) is 4.79 Å². The standard InChI is InChI=1S/C24H29N3O2S/c1-16-7-5-8-17(2)22(16)20(25)14-21(26)29-15-24(11-3-4-12-24)27-23(28)18-9-6-10-19(30)13-18/h5-10,13-14,25,30H,3-4,11-12,15,26H2,1-2H3,(H,27,28)/b21-14+,25-20?. The van der Waals surface area contributed by atoms with Crippen molar-refractivity contribution in [3.8, 4) is 0 Å². The maximum atomic E-state index is 12.8. The predicted octanol–water partition coefficient (Wildman–Crippen LogP) is 4.52. The molecule has 1 aliphatic carbocycles. The lowest BCUT2D eigenvalue weighted by Crippen LogP contribution is -2.50. The molecule has 2 aromatic carbocycles. The summed E-state index contributed by atoms with van der Waals surface area (Å²) in [7, 11) is 0. The molecule has 0 aromatic heterocycles. The first-order valence-corrected chi connectivity index (χ1v) is 10.6. The topological polar surface area (TPSA) is 88.2 Å². The van der Waals surface area contributed by atoms with Crippen molar-refractivity contribution in [2.24, 2.45) is 5.73 Å². The van der Waals surface area contributed by atoms with Crippen LogP contribution >= 0.6 is 12.6 Å². The highest BCUT2D eigenvalue weighted by Crippen LogP contribution is 2.31. The first-order chi connectivity index (χ1) is 14.3. The van der Waals surface area contributed by atoms with E-state index in [1.165, 1.54) is 0 Å². The molecular weight excluding hydrogens is 394 g/mol. The summed E-state index contributed by atoms with van der Waals surface area (Å²) >= 11 is 4.31. The summed E-state index contributed by atoms with van der Waals surface area (Å²) in [5.41, 5.74) is 9.43. The summed E-state index contributed by atoms with van der Waals surface area (Å²) in [6.07, 6.45) is 5.27. The Morgan fingerprint density at radius 3 is 2.47 bits per heavy atom. The van der Waals surface area contributed by atoms with E-state index in [4.69, 9.17) is 15.9 Å². The minimum absolute atomic E-state index is 0.137. The van der Waals surface area contributed by atoms with Gasteiger partial charge in [0.25, 0.3) is 5.91 Å². The second kappa shape index (κ2) is 9.39. The number of hydrogen-bond acceptors (Lipinski definition) is 5. The first-order valence-electron chi connectivity index (χ1n) is 10.2. The molecule has 30 heavy (non-hydrogen) atoms. The van der Waals surface area contributed by atoms with E-state index in [0.29, 0.717) is 11.3 Å². The Balaban J connectivity index is 1.69. The molecule has 1 saturated carbocycles. The van der Waals surface area contributed by atoms with Crippen molar-refractivity contribution in [2.75, 3.05) is 6.61 Å². The molecule has 0 heterocycles. The first kappa shape index (κ1) is 22.0. The van der Waals surface area contributed by atoms with Crippen LogP contribution in [0.2, 0.25) is 0 Å². The number of thiol groups is 1. The monoisotopic (exact) mass is 423 g/mol. The molecule has 6 heteroatoms. The van der Waals surface area contributed by atoms with Gasteiger partial charge in [-0.05, 0) is 56.0 Å². The van der Waals surface area contributed by atoms with Gasteiger partial charge in [-0.1, -0.05) is 37.1 Å². The molecule has 0 bridgehead atoms. The Hall–Kier alpha value is -2.73. The zero-order valence-corrected chi connectivity index (χ0v) is 18.4. The summed E-state index contributed by atoms with van der Waals surface area (Å²) in [5.74, 6) is 0.0442. The van der Waals surface area contributed by atoms with Crippen LogP contribution in [-0.2, 0) is 4.74 Å². The smallest absolute Gasteiger partial charge is 0.251 e. The van der Waals surface area contributed by atoms with Crippen molar-refractivity contribution >= 4 is 24.2 Å². The molecule has 1 amide bonds. The third-order valence-electron chi connectivity index (χ3n) is 5.60. The summed E-state index contributed by atoms with van der Waals surface area (Å²) in [5, 5.41) is 11.6. The van der Waals surface area contributed by atoms with Crippen molar-refractivity contribution in [3.05, 3.63) is 76.7 Å². The Morgan fingerprint density at radius 1 is 1.20 bits per heavy atom. The average molecular weight is 424 g/mol. The number of hydrogen-bond donors (Lipinski definition) is 4. The number of benzene rings is 2. The van der Waals surface area contributed by atoms with Gasteiger partial charge in [-0.15, -0.1) is 12.6 Å². The molecule has 0 radical (unpaired) electrons. The highest BCUT2D eigenvalue weighted by atomic mass is 32.1. The van der Waals surface area contributed by atoms with Gasteiger partial charge >= 0.3 is 0 Å². The number of carbonyl (C=O) groups is 1. The van der Waals surface area contributed by atoms with Crippen LogP contribution in [0.1, 0.15) is 52.7 Å². The molecule has 5 nitrogen and oxygen atoms in total. The van der Waals surface area contributed by atoms with Gasteiger partial charge in [0.15, 0.2) is 5.88 Å². The Labute approximate surface area is 183 Å². The van der Waals surface area contributed by atoms with Crippen LogP contribution in [0.5, 0.6) is 0 Å². The zero-order valence-electron chi connectivity index (χ0n) is 17.5. The van der Waals surface area contributed by atoms with Crippen molar-refractivity contribution in [1.82, 2.24) is 5.32 Å². The van der Waals surface area contributed by atoms with Gasteiger partial charge in [0.05, 0.1) is 11.3 Å². The molecule has 2 aromatic rings. The fraction of sp³-hybridized carbons (Fsp3) is 0.333. The van der Waals surface area contributed by atoms with Crippen LogP contribution in [0.3, 0.4) is 0 Å². The van der Waals surface area contributed by atoms with Crippen molar-refractivity contribution in [1.29, 1.82) is 5.41 Å². The maximum Gasteiger partial charge on any atom is 0.251 e. The number of rotatable bonds is 7. The lowest BCUT2D eigenvalue weighted by Gasteiger charge is -2.30. The second-order valence-corrected chi connectivity index (χ2v) is 8.52. The molecular formula is C24H29N3O2S. The lowest BCUT2D eigenvalue weighted by atomic mass is 9.97. The Kier molecular flexibility index (Phi) is 6.87. The van der Waals surface area contributed by atoms with Crippen molar-refractivity contribution < 1.29 is 9.53 Å². The maximum absolute atomic E-state index is 12.8. The van der Waals surface area contributed by atoms with Gasteiger partial charge in [0.2, 0.25) is 0 Å². The highest BCUT2D eigenvalue weighted by molar-refractivity contribution is 7.80. The quantitative estimate of drug-likeness (QED) is 0.300. The van der Waals surface area contributed by atoms with E-state index in [1.54, 1.807) is 18.2 Å². The van der Waals surface area contributed by atoms with Crippen LogP contribution in [0, 0.1) is 19.3 Å². The molecule has 158 valence electrons. The molecule has 0 aliphatic heterocycles. The predicted molar refractivity (Wildman–Crippen MR) is 123 cm³/mol. The van der Waals surface area contributed by atoms with Crippen molar-refractivity contribution in [3.63, 3.8) is 0 Å². The van der Waals surface area contributed by atoms with Gasteiger partial charge in [-0.25, -0.2) is 0 Å². The highest BCUT2D eigenvalue weighted by Gasteiger charge is 2.36. The number of allylic oxidation sites excluding steroid dienone is 1. The molecule has 1 aliphatic rings. The van der Waals surface area contributed by atoms with E-state index in [9.17, 15) is 4.79 Å². The van der Waals surface area contributed by atoms with Gasteiger partial charge in [0, 0.05) is 22.1 Å². The van der Waals surface area contributed by atoms with E-state index >= 15 is 0 Å². The van der Waals surface area contributed by atoms with Gasteiger partial charge < -0.3 is 21.2 Å². The zero-order chi connectivity index (χ0) is 21.7. The van der Waals surface area contributed by atoms with Crippen LogP contribution < -0.4 is 11.1 Å². The number of amides is 1. The van der Waals surface area contributed by atoms with Crippen LogP contribution in [-0.4, -0.2) is 23.8 Å². The molecule has 4 N–H and O–H groups in total. The third kappa shape index (κ3) is 5.25. The molecule has 0 unspecified atom stereocenters. The number of nitrogens with two attached hydrogens (primary N) is 1. The molecule has 0 saturated heterocycles. The number of aryl methyl sites for hydroxylation is 2. The molecule has 3 rings (SSSR count). The van der Waals surface area contributed by atoms with E-state index < -0.39 is 5.54 Å². The van der Waals surface area contributed by atoms with E-state index in [1.807, 2.05) is 44.2 Å². The second-order valence-electron chi connectivity index (χ2n) is 8.01. The molecule has 1 fully saturated rings. The minimum Gasteiger partial charge on any atom is -0.477 e. The van der Waals surface area contributed by atoms with Crippen LogP contribution in [0.15, 0.2) is 59.3 Å². The number of ether oxygens (including phenoxy) is 1. The lowest BCUT2D eigenvalue weighted by molar-refractivity contribution is 0.0785. The SMILES string of the molecule is Cc1cccc(C)c1C(=N)/C=C(\N)OCC1(NC(=O)c2cccc(S)c2)CCCC1. The molecule has 0 spiro atoms. The Bertz CT molecular complexity index is 958. The van der Waals surface area contributed by atoms with E-state index in [0.717, 1.165) is 47.3 Å². The minimum atomic E-state index is -0.455. The number of nitrogens with one attached hydrogen (secondary N) is 2. The fourth-order valence-corrected chi connectivity index (χ4v) is 4.26. The number of carbonyl (C=O) groups excluding carboxylic acids is 1. The largest absolute Gasteiger partial charge is 0.477 e. The summed E-state index contributed by atoms with van der Waals surface area (Å²) < 4.78 is 5.83.